The van der Waals surface area contributed by atoms with Gasteiger partial charge in [-0.05, 0) is 38.4 Å². The number of halogens is 2. The maximum absolute atomic E-state index is 12.2. The van der Waals surface area contributed by atoms with Gasteiger partial charge in [0.2, 0.25) is 0 Å². The zero-order valence-electron chi connectivity index (χ0n) is 12.0. The fourth-order valence-electron chi connectivity index (χ4n) is 2.06. The van der Waals surface area contributed by atoms with Crippen molar-refractivity contribution in [3.8, 4) is 0 Å². The zero-order valence-corrected chi connectivity index (χ0v) is 13.6. The fraction of sp³-hybridized carbons (Fsp3) is 0.333. The third kappa shape index (κ3) is 5.16. The molecule has 0 atom stereocenters. The average molecular weight is 330 g/mol. The maximum Gasteiger partial charge on any atom is 0.252 e. The van der Waals surface area contributed by atoms with Crippen molar-refractivity contribution in [2.75, 3.05) is 13.1 Å². The van der Waals surface area contributed by atoms with Gasteiger partial charge in [0, 0.05) is 17.6 Å². The predicted octanol–water partition coefficient (Wildman–Crippen LogP) is 2.86. The van der Waals surface area contributed by atoms with Crippen molar-refractivity contribution in [2.45, 2.75) is 19.8 Å². The molecule has 0 spiro atoms. The van der Waals surface area contributed by atoms with E-state index in [4.69, 9.17) is 5.73 Å². The summed E-state index contributed by atoms with van der Waals surface area (Å²) in [5, 5.41) is 3.82. The Balaban J connectivity index is 0.00000200. The minimum absolute atomic E-state index is 0. The van der Waals surface area contributed by atoms with E-state index >= 15 is 0 Å². The number of hydrogen-bond acceptors (Lipinski definition) is 3. The van der Waals surface area contributed by atoms with Gasteiger partial charge in [-0.3, -0.25) is 9.78 Å². The number of amides is 1. The molecule has 6 heteroatoms. The maximum atomic E-state index is 12.2. The lowest BCUT2D eigenvalue weighted by Crippen LogP contribution is -2.25. The lowest BCUT2D eigenvalue weighted by Gasteiger charge is -2.08. The molecule has 0 saturated carbocycles. The van der Waals surface area contributed by atoms with Crippen molar-refractivity contribution in [3.63, 3.8) is 0 Å². The Morgan fingerprint density at radius 3 is 2.67 bits per heavy atom. The highest BCUT2D eigenvalue weighted by molar-refractivity contribution is 6.06. The Morgan fingerprint density at radius 1 is 1.24 bits per heavy atom. The highest BCUT2D eigenvalue weighted by atomic mass is 35.5. The molecule has 0 aliphatic heterocycles. The summed E-state index contributed by atoms with van der Waals surface area (Å²) in [4.78, 5) is 16.6. The molecule has 1 aromatic carbocycles. The van der Waals surface area contributed by atoms with Crippen molar-refractivity contribution in [3.05, 3.63) is 41.6 Å². The van der Waals surface area contributed by atoms with Crippen LogP contribution in [0.2, 0.25) is 0 Å². The summed E-state index contributed by atoms with van der Waals surface area (Å²) >= 11 is 0. The number of fused-ring (bicyclic) bond motifs is 1. The molecule has 0 bridgehead atoms. The van der Waals surface area contributed by atoms with Gasteiger partial charge in [-0.1, -0.05) is 18.2 Å². The number of carbonyl (C=O) groups excluding carboxylic acids is 1. The van der Waals surface area contributed by atoms with Crippen LogP contribution in [-0.2, 0) is 0 Å². The summed E-state index contributed by atoms with van der Waals surface area (Å²) in [7, 11) is 0. The first kappa shape index (κ1) is 19.6. The fourth-order valence-corrected chi connectivity index (χ4v) is 2.06. The second-order valence-electron chi connectivity index (χ2n) is 4.58. The number of hydrogen-bond donors (Lipinski definition) is 2. The number of para-hydroxylation sites is 1. The molecule has 116 valence electrons. The Kier molecular flexibility index (Phi) is 8.93. The quantitative estimate of drug-likeness (QED) is 0.829. The van der Waals surface area contributed by atoms with Crippen LogP contribution < -0.4 is 11.1 Å². The molecule has 2 rings (SSSR count). The molecule has 0 saturated heterocycles. The summed E-state index contributed by atoms with van der Waals surface area (Å²) in [5.74, 6) is -0.0429. The van der Waals surface area contributed by atoms with E-state index in [-0.39, 0.29) is 30.7 Å². The highest BCUT2D eigenvalue weighted by Gasteiger charge is 2.10. The van der Waals surface area contributed by atoms with E-state index in [1.165, 1.54) is 0 Å². The monoisotopic (exact) mass is 329 g/mol. The van der Waals surface area contributed by atoms with E-state index in [2.05, 4.69) is 10.3 Å². The number of nitrogens with zero attached hydrogens (tertiary/aromatic N) is 1. The van der Waals surface area contributed by atoms with E-state index in [0.29, 0.717) is 18.7 Å². The van der Waals surface area contributed by atoms with Gasteiger partial charge in [-0.25, -0.2) is 0 Å². The van der Waals surface area contributed by atoms with Crippen LogP contribution in [0.5, 0.6) is 0 Å². The molecule has 0 unspecified atom stereocenters. The van der Waals surface area contributed by atoms with Crippen LogP contribution in [0.3, 0.4) is 0 Å². The van der Waals surface area contributed by atoms with Crippen molar-refractivity contribution < 1.29 is 4.79 Å². The number of rotatable bonds is 5. The smallest absolute Gasteiger partial charge is 0.252 e. The van der Waals surface area contributed by atoms with Gasteiger partial charge in [-0.15, -0.1) is 24.8 Å². The summed E-state index contributed by atoms with van der Waals surface area (Å²) < 4.78 is 0. The minimum Gasteiger partial charge on any atom is -0.352 e. The molecule has 1 heterocycles. The third-order valence-corrected chi connectivity index (χ3v) is 3.01. The van der Waals surface area contributed by atoms with Crippen LogP contribution in [0.1, 0.15) is 28.9 Å². The Hall–Kier alpha value is -1.36. The normalized spacial score (nSPS) is 9.62. The summed E-state index contributed by atoms with van der Waals surface area (Å²) in [6.45, 7) is 3.22. The van der Waals surface area contributed by atoms with E-state index < -0.39 is 0 Å². The first-order chi connectivity index (χ1) is 9.22. The molecule has 0 fully saturated rings. The Bertz CT molecular complexity index is 590. The van der Waals surface area contributed by atoms with Gasteiger partial charge in [0.1, 0.15) is 0 Å². The van der Waals surface area contributed by atoms with Crippen molar-refractivity contribution in [2.24, 2.45) is 5.73 Å². The van der Waals surface area contributed by atoms with Gasteiger partial charge in [-0.2, -0.15) is 0 Å². The van der Waals surface area contributed by atoms with Crippen LogP contribution in [0, 0.1) is 6.92 Å². The third-order valence-electron chi connectivity index (χ3n) is 3.01. The molecule has 3 N–H and O–H groups in total. The topological polar surface area (TPSA) is 68.0 Å². The molecular weight excluding hydrogens is 309 g/mol. The number of nitrogens with one attached hydrogen (secondary N) is 1. The van der Waals surface area contributed by atoms with E-state index in [0.717, 1.165) is 29.4 Å². The molecule has 4 nitrogen and oxygen atoms in total. The van der Waals surface area contributed by atoms with Crippen LogP contribution in [0.4, 0.5) is 0 Å². The number of carbonyl (C=O) groups is 1. The summed E-state index contributed by atoms with van der Waals surface area (Å²) in [6, 6.07) is 9.53. The van der Waals surface area contributed by atoms with Gasteiger partial charge < -0.3 is 11.1 Å². The minimum atomic E-state index is -0.0429. The van der Waals surface area contributed by atoms with E-state index in [1.807, 2.05) is 37.3 Å². The molecule has 0 radical (unpaired) electrons. The lowest BCUT2D eigenvalue weighted by molar-refractivity contribution is 0.0954. The summed E-state index contributed by atoms with van der Waals surface area (Å²) in [5.41, 5.74) is 7.83. The van der Waals surface area contributed by atoms with Gasteiger partial charge in [0.05, 0.1) is 11.1 Å². The van der Waals surface area contributed by atoms with Crippen LogP contribution in [-0.4, -0.2) is 24.0 Å². The van der Waals surface area contributed by atoms with Crippen molar-refractivity contribution in [1.82, 2.24) is 10.3 Å². The van der Waals surface area contributed by atoms with E-state index in [9.17, 15) is 4.79 Å². The highest BCUT2D eigenvalue weighted by Crippen LogP contribution is 2.17. The number of aryl methyl sites for hydroxylation is 1. The second-order valence-corrected chi connectivity index (χ2v) is 4.58. The van der Waals surface area contributed by atoms with Gasteiger partial charge in [0.25, 0.3) is 5.91 Å². The molecule has 0 aliphatic carbocycles. The van der Waals surface area contributed by atoms with Crippen LogP contribution in [0.25, 0.3) is 10.9 Å². The number of nitrogens with two attached hydrogens (primary N) is 1. The molecule has 21 heavy (non-hydrogen) atoms. The van der Waals surface area contributed by atoms with Gasteiger partial charge in [0.15, 0.2) is 0 Å². The zero-order chi connectivity index (χ0) is 13.7. The average Bonchev–Trinajstić information content (AvgIpc) is 2.42. The molecule has 0 aliphatic rings. The molecule has 1 amide bonds. The van der Waals surface area contributed by atoms with E-state index in [1.54, 1.807) is 0 Å². The van der Waals surface area contributed by atoms with Crippen LogP contribution >= 0.6 is 24.8 Å². The summed E-state index contributed by atoms with van der Waals surface area (Å²) in [6.07, 6.45) is 1.83. The van der Waals surface area contributed by atoms with Crippen molar-refractivity contribution in [1.29, 1.82) is 0 Å². The standard InChI is InChI=1S/C15H19N3O.2ClH/c1-11-10-13(15(19)17-9-5-4-8-16)12-6-2-3-7-14(12)18-11;;/h2-3,6-7,10H,4-5,8-9,16H2,1H3,(H,17,19);2*1H. The number of aromatic nitrogens is 1. The van der Waals surface area contributed by atoms with Gasteiger partial charge >= 0.3 is 0 Å². The second kappa shape index (κ2) is 9.55. The SMILES string of the molecule is Cc1cc(C(=O)NCCCCN)c2ccccc2n1.Cl.Cl. The molecule has 2 aromatic rings. The van der Waals surface area contributed by atoms with Crippen LogP contribution in [0.15, 0.2) is 30.3 Å². The Labute approximate surface area is 137 Å². The molecule has 1 aromatic heterocycles. The Morgan fingerprint density at radius 2 is 1.95 bits per heavy atom. The lowest BCUT2D eigenvalue weighted by atomic mass is 10.1. The number of pyridine rings is 1. The first-order valence-corrected chi connectivity index (χ1v) is 6.57. The van der Waals surface area contributed by atoms with Crippen molar-refractivity contribution >= 4 is 41.6 Å². The molecular formula is C15H21Cl2N3O. The number of unbranched alkanes of at least 4 members (excludes halogenated alkanes) is 1. The predicted molar refractivity (Wildman–Crippen MR) is 91.6 cm³/mol. The number of benzene rings is 1. The largest absolute Gasteiger partial charge is 0.352 e. The first-order valence-electron chi connectivity index (χ1n) is 6.57.